The number of hydrogen-bond donors (Lipinski definition) is 2. The molecule has 0 heterocycles. The number of allylic oxidation sites excluding steroid dienone is 1. The van der Waals surface area contributed by atoms with E-state index in [9.17, 15) is 23.4 Å². The molecule has 0 spiro atoms. The van der Waals surface area contributed by atoms with E-state index in [1.807, 2.05) is 13.8 Å². The van der Waals surface area contributed by atoms with E-state index < -0.39 is 16.4 Å². The third-order valence-corrected chi connectivity index (χ3v) is 13.2. The number of carbonyl (C=O) groups excluding carboxylic acids is 1. The molecular formula is C34H50O6S. The minimum Gasteiger partial charge on any atom is -0.393 e. The molecule has 0 aromatic heterocycles. The molecule has 0 bridgehead atoms. The average Bonchev–Trinajstić information content (AvgIpc) is 3.18. The maximum Gasteiger partial charge on any atom is 0.299 e. The standard InChI is InChI=1S/C34H50O6S/c1-21-9-12-26(13-10-21)41(38,39)40-32(37)23(3)8-6-7-22(2)31-30(36)20-29-27-14-11-24-19-25(35)15-17-33(24,4)28(27)16-18-34(29,31)5/h9-13,22-23,25,27-29,31-32,35,37H,6-8,14-20H2,1-5H3/t22-,23-,25+,27-,28+,29+,31+,32?,33+,34+/m1/s1. The van der Waals surface area contributed by atoms with Crippen LogP contribution in [0.25, 0.3) is 0 Å². The average molecular weight is 587 g/mol. The number of Topliss-reactive ketones (excluding diaryl/α,β-unsaturated/α-hetero) is 1. The first-order valence-electron chi connectivity index (χ1n) is 15.8. The van der Waals surface area contributed by atoms with Gasteiger partial charge in [-0.25, -0.2) is 4.18 Å². The van der Waals surface area contributed by atoms with E-state index in [4.69, 9.17) is 4.18 Å². The van der Waals surface area contributed by atoms with Crippen molar-refractivity contribution in [3.05, 3.63) is 41.5 Å². The largest absolute Gasteiger partial charge is 0.393 e. The summed E-state index contributed by atoms with van der Waals surface area (Å²) in [6.45, 7) is 10.7. The molecule has 0 radical (unpaired) electrons. The topological polar surface area (TPSA) is 101 Å². The Labute approximate surface area is 247 Å². The Balaban J connectivity index is 1.18. The van der Waals surface area contributed by atoms with E-state index >= 15 is 0 Å². The minimum absolute atomic E-state index is 0.0178. The van der Waals surface area contributed by atoms with Crippen LogP contribution in [-0.2, 0) is 19.1 Å². The smallest absolute Gasteiger partial charge is 0.299 e. The predicted molar refractivity (Wildman–Crippen MR) is 159 cm³/mol. The van der Waals surface area contributed by atoms with Gasteiger partial charge in [-0.3, -0.25) is 4.79 Å². The van der Waals surface area contributed by atoms with Crippen molar-refractivity contribution < 1.29 is 27.6 Å². The number of ketones is 1. The summed E-state index contributed by atoms with van der Waals surface area (Å²) in [5.41, 5.74) is 2.60. The van der Waals surface area contributed by atoms with Crippen LogP contribution in [0.4, 0.5) is 0 Å². The van der Waals surface area contributed by atoms with Gasteiger partial charge in [-0.15, -0.1) is 0 Å². The fourth-order valence-corrected chi connectivity index (χ4v) is 10.5. The highest BCUT2D eigenvalue weighted by Crippen LogP contribution is 2.66. The fraction of sp³-hybridized carbons (Fsp3) is 0.735. The van der Waals surface area contributed by atoms with Crippen molar-refractivity contribution in [2.24, 2.45) is 46.3 Å². The summed E-state index contributed by atoms with van der Waals surface area (Å²) in [6.07, 6.45) is 9.83. The molecule has 3 saturated carbocycles. The second-order valence-corrected chi connectivity index (χ2v) is 16.1. The van der Waals surface area contributed by atoms with Gasteiger partial charge in [0, 0.05) is 18.3 Å². The number of aliphatic hydroxyl groups excluding tert-OH is 2. The monoisotopic (exact) mass is 586 g/mol. The molecule has 10 atom stereocenters. The van der Waals surface area contributed by atoms with Crippen LogP contribution < -0.4 is 0 Å². The van der Waals surface area contributed by atoms with Gasteiger partial charge in [0.15, 0.2) is 6.29 Å². The van der Waals surface area contributed by atoms with Crippen LogP contribution in [0.2, 0.25) is 0 Å². The van der Waals surface area contributed by atoms with Gasteiger partial charge >= 0.3 is 0 Å². The van der Waals surface area contributed by atoms with Crippen LogP contribution in [0.5, 0.6) is 0 Å². The number of rotatable bonds is 9. The zero-order valence-corrected chi connectivity index (χ0v) is 26.3. The van der Waals surface area contributed by atoms with Gasteiger partial charge in [-0.1, -0.05) is 63.5 Å². The SMILES string of the molecule is Cc1ccc(S(=O)(=O)OC(O)[C@H](C)CCC[C@@H](C)[C@H]2C(=O)C[C@H]3[C@@H]4CC=C5C[C@@H](O)CC[C@]5(C)[C@H]4CC[C@]23C)cc1. The van der Waals surface area contributed by atoms with Crippen LogP contribution in [0.15, 0.2) is 40.8 Å². The van der Waals surface area contributed by atoms with Crippen molar-refractivity contribution in [1.29, 1.82) is 0 Å². The number of carbonyl (C=O) groups is 1. The third kappa shape index (κ3) is 5.73. The van der Waals surface area contributed by atoms with Gasteiger partial charge in [-0.2, -0.15) is 8.42 Å². The Kier molecular flexibility index (Phi) is 8.68. The van der Waals surface area contributed by atoms with Crippen molar-refractivity contribution in [3.63, 3.8) is 0 Å². The van der Waals surface area contributed by atoms with E-state index in [1.165, 1.54) is 17.7 Å². The summed E-state index contributed by atoms with van der Waals surface area (Å²) in [5.74, 6) is 1.94. The summed E-state index contributed by atoms with van der Waals surface area (Å²) >= 11 is 0. The molecule has 228 valence electrons. The number of aryl methyl sites for hydroxylation is 1. The quantitative estimate of drug-likeness (QED) is 0.193. The number of fused-ring (bicyclic) bond motifs is 5. The maximum atomic E-state index is 13.6. The van der Waals surface area contributed by atoms with Crippen LogP contribution in [0.1, 0.15) is 97.5 Å². The highest BCUT2D eigenvalue weighted by molar-refractivity contribution is 7.86. The Morgan fingerprint density at radius 3 is 2.44 bits per heavy atom. The van der Waals surface area contributed by atoms with Crippen molar-refractivity contribution in [1.82, 2.24) is 0 Å². The Morgan fingerprint density at radius 2 is 1.73 bits per heavy atom. The first-order chi connectivity index (χ1) is 19.3. The number of hydrogen-bond acceptors (Lipinski definition) is 6. The van der Waals surface area contributed by atoms with Crippen LogP contribution in [-0.4, -0.2) is 36.8 Å². The van der Waals surface area contributed by atoms with Gasteiger partial charge < -0.3 is 10.2 Å². The van der Waals surface area contributed by atoms with E-state index in [2.05, 4.69) is 26.8 Å². The van der Waals surface area contributed by atoms with Crippen LogP contribution in [0, 0.1) is 53.3 Å². The molecule has 41 heavy (non-hydrogen) atoms. The lowest BCUT2D eigenvalue weighted by molar-refractivity contribution is -0.124. The van der Waals surface area contributed by atoms with E-state index in [-0.39, 0.29) is 39.6 Å². The molecule has 2 N–H and O–H groups in total. The lowest BCUT2D eigenvalue weighted by Crippen LogP contribution is -2.51. The minimum atomic E-state index is -4.04. The summed E-state index contributed by atoms with van der Waals surface area (Å²) in [4.78, 5) is 13.7. The predicted octanol–water partition coefficient (Wildman–Crippen LogP) is 6.58. The second kappa shape index (κ2) is 11.5. The van der Waals surface area contributed by atoms with Crippen molar-refractivity contribution >= 4 is 15.9 Å². The summed E-state index contributed by atoms with van der Waals surface area (Å²) < 4.78 is 30.3. The Hall–Kier alpha value is -1.54. The van der Waals surface area contributed by atoms with Crippen LogP contribution in [0.3, 0.4) is 0 Å². The summed E-state index contributed by atoms with van der Waals surface area (Å²) in [5, 5.41) is 20.8. The highest BCUT2D eigenvalue weighted by atomic mass is 32.2. The van der Waals surface area contributed by atoms with E-state index in [0.29, 0.717) is 36.4 Å². The van der Waals surface area contributed by atoms with Crippen LogP contribution >= 0.6 is 0 Å². The van der Waals surface area contributed by atoms with E-state index in [1.54, 1.807) is 12.1 Å². The molecule has 1 aromatic carbocycles. The molecule has 4 aliphatic rings. The fourth-order valence-electron chi connectivity index (χ4n) is 9.50. The van der Waals surface area contributed by atoms with Gasteiger partial charge in [0.2, 0.25) is 0 Å². The second-order valence-electron chi connectivity index (χ2n) is 14.5. The molecule has 0 amide bonds. The van der Waals surface area contributed by atoms with Crippen molar-refractivity contribution in [2.75, 3.05) is 0 Å². The molecule has 3 fully saturated rings. The molecular weight excluding hydrogens is 536 g/mol. The molecule has 1 aromatic rings. The summed E-state index contributed by atoms with van der Waals surface area (Å²) in [6, 6.07) is 6.40. The lowest BCUT2D eigenvalue weighted by atomic mass is 9.47. The summed E-state index contributed by atoms with van der Waals surface area (Å²) in [7, 11) is -4.04. The van der Waals surface area contributed by atoms with Gasteiger partial charge in [0.25, 0.3) is 10.1 Å². The maximum absolute atomic E-state index is 13.6. The molecule has 7 heteroatoms. The molecule has 1 unspecified atom stereocenters. The first kappa shape index (κ1) is 30.9. The highest BCUT2D eigenvalue weighted by Gasteiger charge is 2.61. The molecule has 0 aliphatic heterocycles. The molecule has 4 aliphatic carbocycles. The Morgan fingerprint density at radius 1 is 1.02 bits per heavy atom. The normalized spacial score (nSPS) is 37.4. The van der Waals surface area contributed by atoms with Crippen molar-refractivity contribution in [2.45, 2.75) is 116 Å². The molecule has 5 rings (SSSR count). The van der Waals surface area contributed by atoms with Gasteiger partial charge in [0.1, 0.15) is 5.78 Å². The Bertz CT molecular complexity index is 1250. The molecule has 6 nitrogen and oxygen atoms in total. The number of aliphatic hydroxyl groups is 2. The van der Waals surface area contributed by atoms with Gasteiger partial charge in [0.05, 0.1) is 11.0 Å². The van der Waals surface area contributed by atoms with E-state index in [0.717, 1.165) is 56.9 Å². The van der Waals surface area contributed by atoms with Gasteiger partial charge in [-0.05, 0) is 105 Å². The first-order valence-corrected chi connectivity index (χ1v) is 17.3. The zero-order valence-electron chi connectivity index (χ0n) is 25.5. The lowest BCUT2D eigenvalue weighted by Gasteiger charge is -2.58. The number of benzene rings is 1. The van der Waals surface area contributed by atoms with Crippen molar-refractivity contribution in [3.8, 4) is 0 Å². The third-order valence-electron chi connectivity index (χ3n) is 11.9. The zero-order chi connectivity index (χ0) is 29.7. The molecule has 0 saturated heterocycles.